The summed E-state index contributed by atoms with van der Waals surface area (Å²) in [5.74, 6) is 1.76. The maximum atomic E-state index is 6.97. The molecule has 0 unspecified atom stereocenters. The normalized spacial score (nSPS) is 11.8. The highest BCUT2D eigenvalue weighted by Crippen LogP contribution is 2.46. The summed E-state index contributed by atoms with van der Waals surface area (Å²) in [6.07, 6.45) is 0. The number of hydrogen-bond donors (Lipinski definition) is 0. The minimum Gasteiger partial charge on any atom is -0.454 e. The third-order valence-corrected chi connectivity index (χ3v) is 9.24. The lowest BCUT2D eigenvalue weighted by atomic mass is 9.98. The van der Waals surface area contributed by atoms with E-state index in [4.69, 9.17) is 19.4 Å². The summed E-state index contributed by atoms with van der Waals surface area (Å²) in [4.78, 5) is 15.3. The summed E-state index contributed by atoms with van der Waals surface area (Å²) < 4.78 is 9.13. The first-order chi connectivity index (χ1) is 23.8. The van der Waals surface area contributed by atoms with Gasteiger partial charge in [0.25, 0.3) is 0 Å². The van der Waals surface area contributed by atoms with Crippen molar-refractivity contribution in [2.45, 2.75) is 0 Å². The molecule has 3 aromatic heterocycles. The van der Waals surface area contributed by atoms with E-state index in [0.29, 0.717) is 17.6 Å². The van der Waals surface area contributed by atoms with Crippen LogP contribution in [0.2, 0.25) is 0 Å². The fourth-order valence-corrected chi connectivity index (χ4v) is 7.09. The number of furan rings is 1. The van der Waals surface area contributed by atoms with Crippen molar-refractivity contribution in [2.24, 2.45) is 0 Å². The van der Waals surface area contributed by atoms with Crippen molar-refractivity contribution < 1.29 is 4.42 Å². The van der Waals surface area contributed by atoms with E-state index < -0.39 is 0 Å². The first-order valence-electron chi connectivity index (χ1n) is 16.0. The van der Waals surface area contributed by atoms with Crippen LogP contribution in [0.4, 0.5) is 0 Å². The van der Waals surface area contributed by atoms with Crippen LogP contribution in [0.3, 0.4) is 0 Å². The fraction of sp³-hybridized carbons (Fsp3) is 0. The molecular formula is C43H26N4O. The summed E-state index contributed by atoms with van der Waals surface area (Å²) in [5, 5.41) is 6.69. The molecule has 0 spiro atoms. The maximum absolute atomic E-state index is 6.97. The average Bonchev–Trinajstić information content (AvgIpc) is 3.72. The Kier molecular flexibility index (Phi) is 5.81. The van der Waals surface area contributed by atoms with E-state index in [-0.39, 0.29) is 0 Å². The SMILES string of the molecule is c1ccc(-c2ccc3c(c2)oc2c3c3ccccc3c3c4ccccc4n(-c4nc(-c5ccccc5)nc(-c5ccccc5)n4)c23)cc1. The standard InChI is InChI=1S/C43H26N4O/c1-4-14-27(15-5-1)30-24-25-34-36(26-30)48-40-38(34)32-21-11-10-20-31(32)37-33-22-12-13-23-35(33)47(39(37)40)43-45-41(28-16-6-2-7-17-28)44-42(46-43)29-18-8-3-9-19-29/h1-26H. The Labute approximate surface area is 275 Å². The summed E-state index contributed by atoms with van der Waals surface area (Å²) in [6.45, 7) is 0. The van der Waals surface area contributed by atoms with Gasteiger partial charge >= 0.3 is 0 Å². The first-order valence-corrected chi connectivity index (χ1v) is 16.0. The highest BCUT2D eigenvalue weighted by Gasteiger charge is 2.25. The van der Waals surface area contributed by atoms with E-state index in [0.717, 1.165) is 76.8 Å². The van der Waals surface area contributed by atoms with Gasteiger partial charge in [-0.25, -0.2) is 4.98 Å². The van der Waals surface area contributed by atoms with Crippen molar-refractivity contribution in [3.63, 3.8) is 0 Å². The highest BCUT2D eigenvalue weighted by molar-refractivity contribution is 6.35. The third kappa shape index (κ3) is 4.01. The second-order valence-corrected chi connectivity index (χ2v) is 12.0. The number of rotatable bonds is 4. The van der Waals surface area contributed by atoms with Crippen LogP contribution < -0.4 is 0 Å². The Hall–Kier alpha value is -6.59. The second kappa shape index (κ2) is 10.5. The molecule has 7 aromatic carbocycles. The van der Waals surface area contributed by atoms with Gasteiger partial charge in [0.1, 0.15) is 11.1 Å². The van der Waals surface area contributed by atoms with Crippen LogP contribution in [-0.2, 0) is 0 Å². The van der Waals surface area contributed by atoms with E-state index in [1.165, 1.54) is 0 Å². The molecule has 48 heavy (non-hydrogen) atoms. The van der Waals surface area contributed by atoms with Gasteiger partial charge in [-0.05, 0) is 40.1 Å². The lowest BCUT2D eigenvalue weighted by Gasteiger charge is -2.11. The zero-order valence-electron chi connectivity index (χ0n) is 25.7. The lowest BCUT2D eigenvalue weighted by Crippen LogP contribution is -2.06. The number of aromatic nitrogens is 4. The van der Waals surface area contributed by atoms with Crippen molar-refractivity contribution >= 4 is 54.5 Å². The molecule has 10 aromatic rings. The second-order valence-electron chi connectivity index (χ2n) is 12.0. The first kappa shape index (κ1) is 26.6. The number of para-hydroxylation sites is 1. The van der Waals surface area contributed by atoms with Crippen LogP contribution >= 0.6 is 0 Å². The van der Waals surface area contributed by atoms with Gasteiger partial charge in [-0.2, -0.15) is 9.97 Å². The molecule has 0 saturated carbocycles. The van der Waals surface area contributed by atoms with E-state index in [1.54, 1.807) is 0 Å². The monoisotopic (exact) mass is 614 g/mol. The molecule has 224 valence electrons. The summed E-state index contributed by atoms with van der Waals surface area (Å²) >= 11 is 0. The van der Waals surface area contributed by atoms with Gasteiger partial charge < -0.3 is 4.42 Å². The average molecular weight is 615 g/mol. The lowest BCUT2D eigenvalue weighted by molar-refractivity contribution is 0.671. The van der Waals surface area contributed by atoms with Crippen molar-refractivity contribution in [1.82, 2.24) is 19.5 Å². The van der Waals surface area contributed by atoms with Crippen LogP contribution in [0, 0.1) is 0 Å². The summed E-state index contributed by atoms with van der Waals surface area (Å²) in [5.41, 5.74) is 7.69. The Morgan fingerprint density at radius 1 is 0.417 bits per heavy atom. The number of benzene rings is 7. The van der Waals surface area contributed by atoms with E-state index in [1.807, 2.05) is 66.7 Å². The zero-order chi connectivity index (χ0) is 31.6. The Balaban J connectivity index is 1.37. The van der Waals surface area contributed by atoms with Crippen LogP contribution in [0.25, 0.3) is 94.4 Å². The molecule has 0 saturated heterocycles. The van der Waals surface area contributed by atoms with E-state index >= 15 is 0 Å². The van der Waals surface area contributed by atoms with Crippen LogP contribution in [0.5, 0.6) is 0 Å². The van der Waals surface area contributed by atoms with Gasteiger partial charge in [0.15, 0.2) is 17.2 Å². The minimum atomic E-state index is 0.538. The van der Waals surface area contributed by atoms with Gasteiger partial charge in [-0.3, -0.25) is 4.57 Å². The largest absolute Gasteiger partial charge is 0.454 e. The molecule has 0 bridgehead atoms. The fourth-order valence-electron chi connectivity index (χ4n) is 7.09. The van der Waals surface area contributed by atoms with E-state index in [9.17, 15) is 0 Å². The smallest absolute Gasteiger partial charge is 0.238 e. The molecule has 0 amide bonds. The number of hydrogen-bond acceptors (Lipinski definition) is 4. The molecular weight excluding hydrogens is 589 g/mol. The van der Waals surface area contributed by atoms with Gasteiger partial charge in [-0.15, -0.1) is 0 Å². The summed E-state index contributed by atoms with van der Waals surface area (Å²) in [7, 11) is 0. The maximum Gasteiger partial charge on any atom is 0.238 e. The molecule has 10 rings (SSSR count). The molecule has 0 aliphatic heterocycles. The molecule has 0 N–H and O–H groups in total. The highest BCUT2D eigenvalue weighted by atomic mass is 16.3. The quantitative estimate of drug-likeness (QED) is 0.198. The topological polar surface area (TPSA) is 56.7 Å². The van der Waals surface area contributed by atoms with Gasteiger partial charge in [0, 0.05) is 32.7 Å². The van der Waals surface area contributed by atoms with Crippen LogP contribution in [0.1, 0.15) is 0 Å². The van der Waals surface area contributed by atoms with Crippen molar-refractivity contribution in [1.29, 1.82) is 0 Å². The van der Waals surface area contributed by atoms with Gasteiger partial charge in [0.05, 0.1) is 5.52 Å². The molecule has 0 radical (unpaired) electrons. The Morgan fingerprint density at radius 3 is 1.60 bits per heavy atom. The molecule has 0 aliphatic carbocycles. The molecule has 0 fully saturated rings. The predicted octanol–water partition coefficient (Wildman–Crippen LogP) is 11.0. The Morgan fingerprint density at radius 2 is 0.958 bits per heavy atom. The number of nitrogens with zero attached hydrogens (tertiary/aromatic N) is 4. The molecule has 3 heterocycles. The third-order valence-electron chi connectivity index (χ3n) is 9.24. The van der Waals surface area contributed by atoms with Crippen LogP contribution in [-0.4, -0.2) is 19.5 Å². The van der Waals surface area contributed by atoms with Crippen molar-refractivity contribution in [2.75, 3.05) is 0 Å². The van der Waals surface area contributed by atoms with Crippen molar-refractivity contribution in [3.05, 3.63) is 158 Å². The Bertz CT molecular complexity index is 2760. The molecule has 0 atom stereocenters. The van der Waals surface area contributed by atoms with Crippen LogP contribution in [0.15, 0.2) is 162 Å². The predicted molar refractivity (Wildman–Crippen MR) is 195 cm³/mol. The van der Waals surface area contributed by atoms with Gasteiger partial charge in [0.2, 0.25) is 5.95 Å². The van der Waals surface area contributed by atoms with E-state index in [2.05, 4.69) is 95.6 Å². The van der Waals surface area contributed by atoms with Crippen molar-refractivity contribution in [3.8, 4) is 39.9 Å². The summed E-state index contributed by atoms with van der Waals surface area (Å²) in [6, 6.07) is 54.3. The van der Waals surface area contributed by atoms with Gasteiger partial charge in [-0.1, -0.05) is 140 Å². The molecule has 5 nitrogen and oxygen atoms in total. The minimum absolute atomic E-state index is 0.538. The number of fused-ring (bicyclic) bond motifs is 10. The molecule has 5 heteroatoms. The molecule has 0 aliphatic rings. The zero-order valence-corrected chi connectivity index (χ0v) is 25.7.